The molecule has 2 fully saturated rings. The molecule has 0 radical (unpaired) electrons. The Hall–Kier alpha value is -2.66. The lowest BCUT2D eigenvalue weighted by Crippen LogP contribution is -2.49. The van der Waals surface area contributed by atoms with Crippen LogP contribution in [0.3, 0.4) is 0 Å². The summed E-state index contributed by atoms with van der Waals surface area (Å²) in [7, 11) is 0. The maximum Gasteiger partial charge on any atom is 0.336 e. The Morgan fingerprint density at radius 3 is 2.10 bits per heavy atom. The molecular weight excluding hydrogens is 388 g/mol. The van der Waals surface area contributed by atoms with Crippen LogP contribution in [0.5, 0.6) is 0 Å². The van der Waals surface area contributed by atoms with Gasteiger partial charge < -0.3 is 10.0 Å². The van der Waals surface area contributed by atoms with Crippen LogP contribution in [-0.2, 0) is 0 Å². The Balaban J connectivity index is 1.36. The lowest BCUT2D eigenvalue weighted by Gasteiger charge is -2.38. The molecule has 5 nitrogen and oxygen atoms in total. The van der Waals surface area contributed by atoms with Crippen LogP contribution in [0.15, 0.2) is 48.5 Å². The Morgan fingerprint density at radius 2 is 1.48 bits per heavy atom. The quantitative estimate of drug-likeness (QED) is 0.743. The van der Waals surface area contributed by atoms with Gasteiger partial charge in [-0.15, -0.1) is 0 Å². The summed E-state index contributed by atoms with van der Waals surface area (Å²) in [5.41, 5.74) is 3.13. The number of aromatic carboxylic acids is 1. The van der Waals surface area contributed by atoms with E-state index in [2.05, 4.69) is 36.1 Å². The van der Waals surface area contributed by atoms with Crippen LogP contribution >= 0.6 is 0 Å². The van der Waals surface area contributed by atoms with E-state index in [0.717, 1.165) is 19.0 Å². The van der Waals surface area contributed by atoms with E-state index >= 15 is 0 Å². The number of carboxylic acids is 1. The molecule has 1 aliphatic heterocycles. The van der Waals surface area contributed by atoms with Crippen LogP contribution in [-0.4, -0.2) is 53.0 Å². The number of piperazine rings is 1. The summed E-state index contributed by atoms with van der Waals surface area (Å²) in [6, 6.07) is 15.9. The standard InChI is InChI=1S/C26H32N2O3/c1-19(20-11-13-22(14-12-20)21-7-3-2-4-8-21)27-15-17-28(18-16-27)25(29)23-9-5-6-10-24(23)26(30)31/h5-6,9-14,19,21H,2-4,7-8,15-18H2,1H3,(H,30,31). The van der Waals surface area contributed by atoms with Gasteiger partial charge in [0, 0.05) is 32.2 Å². The van der Waals surface area contributed by atoms with E-state index in [0.29, 0.717) is 19.1 Å². The second-order valence-electron chi connectivity index (χ2n) is 8.86. The summed E-state index contributed by atoms with van der Waals surface area (Å²) in [6.07, 6.45) is 6.71. The molecule has 2 aliphatic rings. The third kappa shape index (κ3) is 4.82. The predicted octanol–water partition coefficient (Wildman–Crippen LogP) is 4.95. The highest BCUT2D eigenvalue weighted by atomic mass is 16.4. The molecule has 2 aromatic rings. The average molecular weight is 421 g/mol. The number of carboxylic acid groups (broad SMARTS) is 1. The van der Waals surface area contributed by atoms with Gasteiger partial charge in [0.05, 0.1) is 11.1 Å². The number of hydrogen-bond acceptors (Lipinski definition) is 3. The first-order valence-electron chi connectivity index (χ1n) is 11.5. The lowest BCUT2D eigenvalue weighted by atomic mass is 9.83. The van der Waals surface area contributed by atoms with E-state index in [1.165, 1.54) is 49.3 Å². The Morgan fingerprint density at radius 1 is 0.871 bits per heavy atom. The van der Waals surface area contributed by atoms with E-state index in [-0.39, 0.29) is 17.0 Å². The van der Waals surface area contributed by atoms with Gasteiger partial charge >= 0.3 is 5.97 Å². The molecule has 0 aromatic heterocycles. The van der Waals surface area contributed by atoms with Crippen molar-refractivity contribution in [3.63, 3.8) is 0 Å². The smallest absolute Gasteiger partial charge is 0.336 e. The Bertz CT molecular complexity index is 911. The average Bonchev–Trinajstić information content (AvgIpc) is 2.84. The molecule has 1 atom stereocenters. The molecule has 164 valence electrons. The number of hydrogen-bond donors (Lipinski definition) is 1. The zero-order valence-electron chi connectivity index (χ0n) is 18.3. The van der Waals surface area contributed by atoms with Crippen LogP contribution in [0.4, 0.5) is 0 Å². The Labute approximate surface area is 184 Å². The first kappa shape index (κ1) is 21.6. The summed E-state index contributed by atoms with van der Waals surface area (Å²) >= 11 is 0. The second-order valence-corrected chi connectivity index (χ2v) is 8.86. The minimum Gasteiger partial charge on any atom is -0.478 e. The van der Waals surface area contributed by atoms with Crippen molar-refractivity contribution in [3.05, 3.63) is 70.8 Å². The molecule has 1 unspecified atom stereocenters. The molecule has 2 aromatic carbocycles. The summed E-state index contributed by atoms with van der Waals surface area (Å²) in [5, 5.41) is 9.38. The third-order valence-electron chi connectivity index (χ3n) is 7.03. The van der Waals surface area contributed by atoms with Gasteiger partial charge in [0.25, 0.3) is 5.91 Å². The number of carbonyl (C=O) groups excluding carboxylic acids is 1. The molecule has 1 aliphatic carbocycles. The fourth-order valence-corrected chi connectivity index (χ4v) is 5.03. The number of benzene rings is 2. The van der Waals surface area contributed by atoms with E-state index in [1.54, 1.807) is 23.1 Å². The molecule has 1 N–H and O–H groups in total. The van der Waals surface area contributed by atoms with E-state index < -0.39 is 5.97 Å². The molecule has 4 rings (SSSR count). The maximum absolute atomic E-state index is 12.9. The van der Waals surface area contributed by atoms with E-state index in [4.69, 9.17) is 0 Å². The molecular formula is C26H32N2O3. The summed E-state index contributed by atoms with van der Waals surface area (Å²) in [4.78, 5) is 28.5. The van der Waals surface area contributed by atoms with Crippen molar-refractivity contribution in [2.24, 2.45) is 0 Å². The number of carbonyl (C=O) groups is 2. The molecule has 5 heteroatoms. The van der Waals surface area contributed by atoms with Gasteiger partial charge in [0.2, 0.25) is 0 Å². The summed E-state index contributed by atoms with van der Waals surface area (Å²) in [6.45, 7) is 5.01. The molecule has 1 heterocycles. The van der Waals surface area contributed by atoms with Gasteiger partial charge in [-0.2, -0.15) is 0 Å². The van der Waals surface area contributed by atoms with Crippen LogP contribution in [0.25, 0.3) is 0 Å². The SMILES string of the molecule is CC(c1ccc(C2CCCCC2)cc1)N1CCN(C(=O)c2ccccc2C(=O)O)CC1. The van der Waals surface area contributed by atoms with Crippen molar-refractivity contribution in [1.82, 2.24) is 9.80 Å². The topological polar surface area (TPSA) is 60.9 Å². The largest absolute Gasteiger partial charge is 0.478 e. The van der Waals surface area contributed by atoms with Crippen molar-refractivity contribution >= 4 is 11.9 Å². The minimum absolute atomic E-state index is 0.0707. The maximum atomic E-state index is 12.9. The van der Waals surface area contributed by atoms with Crippen LogP contribution in [0, 0.1) is 0 Å². The molecule has 1 amide bonds. The highest BCUT2D eigenvalue weighted by molar-refractivity contribution is 6.04. The van der Waals surface area contributed by atoms with Gasteiger partial charge in [0.15, 0.2) is 0 Å². The molecule has 1 saturated carbocycles. The molecule has 0 spiro atoms. The summed E-state index contributed by atoms with van der Waals surface area (Å²) in [5.74, 6) is -0.531. The van der Waals surface area contributed by atoms with Crippen molar-refractivity contribution in [2.75, 3.05) is 26.2 Å². The van der Waals surface area contributed by atoms with E-state index in [1.807, 2.05) is 0 Å². The summed E-state index contributed by atoms with van der Waals surface area (Å²) < 4.78 is 0. The lowest BCUT2D eigenvalue weighted by molar-refractivity contribution is 0.0569. The van der Waals surface area contributed by atoms with Crippen molar-refractivity contribution in [1.29, 1.82) is 0 Å². The van der Waals surface area contributed by atoms with Gasteiger partial charge in [-0.25, -0.2) is 4.79 Å². The zero-order valence-corrected chi connectivity index (χ0v) is 18.3. The number of rotatable bonds is 5. The highest BCUT2D eigenvalue weighted by Crippen LogP contribution is 2.33. The first-order chi connectivity index (χ1) is 15.0. The number of nitrogens with zero attached hydrogens (tertiary/aromatic N) is 2. The minimum atomic E-state index is -1.06. The normalized spacial score (nSPS) is 19.2. The van der Waals surface area contributed by atoms with Gasteiger partial charge in [-0.05, 0) is 48.9 Å². The van der Waals surface area contributed by atoms with Crippen molar-refractivity contribution in [2.45, 2.75) is 51.0 Å². The fourth-order valence-electron chi connectivity index (χ4n) is 5.03. The Kier molecular flexibility index (Phi) is 6.71. The molecule has 31 heavy (non-hydrogen) atoms. The predicted molar refractivity (Wildman–Crippen MR) is 122 cm³/mol. The van der Waals surface area contributed by atoms with Gasteiger partial charge in [-0.1, -0.05) is 55.7 Å². The highest BCUT2D eigenvalue weighted by Gasteiger charge is 2.27. The fraction of sp³-hybridized carbons (Fsp3) is 0.462. The van der Waals surface area contributed by atoms with Gasteiger partial charge in [-0.3, -0.25) is 9.69 Å². The first-order valence-corrected chi connectivity index (χ1v) is 11.5. The van der Waals surface area contributed by atoms with Crippen LogP contribution in [0.2, 0.25) is 0 Å². The van der Waals surface area contributed by atoms with Crippen molar-refractivity contribution < 1.29 is 14.7 Å². The zero-order chi connectivity index (χ0) is 21.8. The third-order valence-corrected chi connectivity index (χ3v) is 7.03. The van der Waals surface area contributed by atoms with E-state index in [9.17, 15) is 14.7 Å². The monoisotopic (exact) mass is 420 g/mol. The van der Waals surface area contributed by atoms with Crippen LogP contribution < -0.4 is 0 Å². The molecule has 1 saturated heterocycles. The second kappa shape index (κ2) is 9.65. The number of amides is 1. The van der Waals surface area contributed by atoms with Gasteiger partial charge in [0.1, 0.15) is 0 Å². The van der Waals surface area contributed by atoms with Crippen LogP contribution in [0.1, 0.15) is 82.8 Å². The van der Waals surface area contributed by atoms with Crippen molar-refractivity contribution in [3.8, 4) is 0 Å². The molecule has 0 bridgehead atoms.